The summed E-state index contributed by atoms with van der Waals surface area (Å²) < 4.78 is 32.3. The Morgan fingerprint density at radius 1 is 1.13 bits per heavy atom. The standard InChI is InChI=1S/C20H20ClN5O3S/c1-11-19(18(13-4-5-13)24-12(2)23-11)29-20-17(26-30(3,27)28)7-6-16(25-20)14-8-15(21)10-22-9-14/h6-10,13,26H,4-5H2,1-3H3. The number of rotatable bonds is 6. The molecule has 10 heteroatoms. The van der Waals surface area contributed by atoms with E-state index in [1.807, 2.05) is 13.8 Å². The third-order valence-corrected chi connectivity index (χ3v) is 5.29. The molecular weight excluding hydrogens is 426 g/mol. The van der Waals surface area contributed by atoms with E-state index in [4.69, 9.17) is 16.3 Å². The van der Waals surface area contributed by atoms with E-state index >= 15 is 0 Å². The van der Waals surface area contributed by atoms with Gasteiger partial charge in [0.1, 0.15) is 11.5 Å². The maximum absolute atomic E-state index is 11.9. The van der Waals surface area contributed by atoms with Gasteiger partial charge in [-0.15, -0.1) is 0 Å². The van der Waals surface area contributed by atoms with Gasteiger partial charge < -0.3 is 4.74 Å². The average molecular weight is 446 g/mol. The van der Waals surface area contributed by atoms with Crippen molar-refractivity contribution in [3.8, 4) is 22.9 Å². The topological polar surface area (TPSA) is 107 Å². The van der Waals surface area contributed by atoms with Crippen molar-refractivity contribution in [1.82, 2.24) is 19.9 Å². The molecule has 1 aliphatic carbocycles. The van der Waals surface area contributed by atoms with E-state index in [0.717, 1.165) is 24.8 Å². The van der Waals surface area contributed by atoms with Crippen LogP contribution in [-0.4, -0.2) is 34.6 Å². The van der Waals surface area contributed by atoms with Gasteiger partial charge in [0.25, 0.3) is 0 Å². The Kier molecular flexibility index (Phi) is 5.33. The van der Waals surface area contributed by atoms with Gasteiger partial charge in [0.2, 0.25) is 15.9 Å². The van der Waals surface area contributed by atoms with Crippen LogP contribution in [0, 0.1) is 13.8 Å². The smallest absolute Gasteiger partial charge is 0.244 e. The van der Waals surface area contributed by atoms with Crippen molar-refractivity contribution in [2.45, 2.75) is 32.6 Å². The van der Waals surface area contributed by atoms with Gasteiger partial charge in [-0.25, -0.2) is 23.4 Å². The fourth-order valence-corrected chi connectivity index (χ4v) is 3.82. The van der Waals surface area contributed by atoms with Gasteiger partial charge in [-0.3, -0.25) is 9.71 Å². The number of hydrogen-bond acceptors (Lipinski definition) is 7. The minimum atomic E-state index is -3.54. The van der Waals surface area contributed by atoms with Crippen molar-refractivity contribution in [2.24, 2.45) is 0 Å². The minimum absolute atomic E-state index is 0.107. The molecule has 3 aromatic rings. The number of halogens is 1. The lowest BCUT2D eigenvalue weighted by Crippen LogP contribution is -2.12. The van der Waals surface area contributed by atoms with Crippen LogP contribution in [0.5, 0.6) is 11.6 Å². The van der Waals surface area contributed by atoms with Crippen LogP contribution in [0.1, 0.15) is 36.0 Å². The van der Waals surface area contributed by atoms with E-state index in [1.54, 1.807) is 24.4 Å². The van der Waals surface area contributed by atoms with Gasteiger partial charge in [0.05, 0.1) is 28.4 Å². The van der Waals surface area contributed by atoms with Gasteiger partial charge in [0, 0.05) is 23.9 Å². The second-order valence-corrected chi connectivity index (χ2v) is 9.45. The van der Waals surface area contributed by atoms with Gasteiger partial charge in [-0.2, -0.15) is 0 Å². The summed E-state index contributed by atoms with van der Waals surface area (Å²) in [6.07, 6.45) is 6.28. The molecular formula is C20H20ClN5O3S. The molecule has 0 unspecified atom stereocenters. The highest BCUT2D eigenvalue weighted by Crippen LogP contribution is 2.45. The maximum atomic E-state index is 11.9. The van der Waals surface area contributed by atoms with Crippen molar-refractivity contribution in [3.05, 3.63) is 52.8 Å². The number of anilines is 1. The zero-order valence-electron chi connectivity index (χ0n) is 16.7. The second-order valence-electron chi connectivity index (χ2n) is 7.26. The van der Waals surface area contributed by atoms with E-state index in [9.17, 15) is 8.42 Å². The Bertz CT molecular complexity index is 1230. The van der Waals surface area contributed by atoms with Crippen LogP contribution in [-0.2, 0) is 10.0 Å². The predicted molar refractivity (Wildman–Crippen MR) is 114 cm³/mol. The summed E-state index contributed by atoms with van der Waals surface area (Å²) in [7, 11) is -3.54. The summed E-state index contributed by atoms with van der Waals surface area (Å²) in [5.74, 6) is 1.60. The first-order chi connectivity index (χ1) is 14.2. The Morgan fingerprint density at radius 2 is 1.90 bits per heavy atom. The van der Waals surface area contributed by atoms with Crippen molar-refractivity contribution in [3.63, 3.8) is 0 Å². The number of ether oxygens (including phenoxy) is 1. The van der Waals surface area contributed by atoms with Crippen LogP contribution < -0.4 is 9.46 Å². The van der Waals surface area contributed by atoms with Crippen molar-refractivity contribution < 1.29 is 13.2 Å². The van der Waals surface area contributed by atoms with E-state index in [2.05, 4.69) is 24.7 Å². The van der Waals surface area contributed by atoms with E-state index in [-0.39, 0.29) is 11.6 Å². The summed E-state index contributed by atoms with van der Waals surface area (Å²) in [5.41, 5.74) is 2.93. The van der Waals surface area contributed by atoms with Crippen LogP contribution in [0.3, 0.4) is 0 Å². The molecule has 30 heavy (non-hydrogen) atoms. The van der Waals surface area contributed by atoms with Gasteiger partial charge in [-0.05, 0) is 44.9 Å². The Hall–Kier alpha value is -2.78. The summed E-state index contributed by atoms with van der Waals surface area (Å²) >= 11 is 6.05. The molecule has 0 bridgehead atoms. The van der Waals surface area contributed by atoms with Crippen LogP contribution in [0.15, 0.2) is 30.6 Å². The zero-order valence-corrected chi connectivity index (χ0v) is 18.3. The molecule has 3 aromatic heterocycles. The fraction of sp³-hybridized carbons (Fsp3) is 0.300. The van der Waals surface area contributed by atoms with E-state index in [1.165, 1.54) is 6.20 Å². The lowest BCUT2D eigenvalue weighted by Gasteiger charge is -2.16. The molecule has 8 nitrogen and oxygen atoms in total. The number of hydrogen-bond donors (Lipinski definition) is 1. The highest BCUT2D eigenvalue weighted by atomic mass is 35.5. The minimum Gasteiger partial charge on any atom is -0.433 e. The zero-order chi connectivity index (χ0) is 21.5. The lowest BCUT2D eigenvalue weighted by atomic mass is 10.2. The Balaban J connectivity index is 1.82. The van der Waals surface area contributed by atoms with Crippen molar-refractivity contribution in [1.29, 1.82) is 0 Å². The summed E-state index contributed by atoms with van der Waals surface area (Å²) in [4.78, 5) is 17.6. The quantitative estimate of drug-likeness (QED) is 0.604. The van der Waals surface area contributed by atoms with Crippen LogP contribution >= 0.6 is 11.6 Å². The molecule has 156 valence electrons. The fourth-order valence-electron chi connectivity index (χ4n) is 3.09. The van der Waals surface area contributed by atoms with Crippen LogP contribution in [0.2, 0.25) is 5.02 Å². The number of aryl methyl sites for hydroxylation is 2. The Labute approximate surface area is 179 Å². The van der Waals surface area contributed by atoms with Crippen molar-refractivity contribution >= 4 is 27.3 Å². The van der Waals surface area contributed by atoms with Crippen LogP contribution in [0.4, 0.5) is 5.69 Å². The molecule has 1 aliphatic rings. The summed E-state index contributed by atoms with van der Waals surface area (Å²) in [6, 6.07) is 5.00. The normalized spacial score (nSPS) is 13.9. The molecule has 0 amide bonds. The third kappa shape index (κ3) is 4.68. The summed E-state index contributed by atoms with van der Waals surface area (Å²) in [6.45, 7) is 3.68. The third-order valence-electron chi connectivity index (χ3n) is 4.49. The number of sulfonamides is 1. The van der Waals surface area contributed by atoms with E-state index < -0.39 is 10.0 Å². The molecule has 1 N–H and O–H groups in total. The number of nitrogens with one attached hydrogen (secondary N) is 1. The Morgan fingerprint density at radius 3 is 2.57 bits per heavy atom. The maximum Gasteiger partial charge on any atom is 0.244 e. The second kappa shape index (κ2) is 7.81. The first-order valence-electron chi connectivity index (χ1n) is 9.32. The SMILES string of the molecule is Cc1nc(C)c(Oc2nc(-c3cncc(Cl)c3)ccc2NS(C)(=O)=O)c(C2CC2)n1. The molecule has 0 aliphatic heterocycles. The highest BCUT2D eigenvalue weighted by molar-refractivity contribution is 7.92. The summed E-state index contributed by atoms with van der Waals surface area (Å²) in [5, 5.41) is 0.467. The molecule has 3 heterocycles. The van der Waals surface area contributed by atoms with Gasteiger partial charge in [0.15, 0.2) is 5.75 Å². The highest BCUT2D eigenvalue weighted by Gasteiger charge is 2.31. The molecule has 4 rings (SSSR count). The molecule has 0 radical (unpaired) electrons. The van der Waals surface area contributed by atoms with Gasteiger partial charge in [-0.1, -0.05) is 11.6 Å². The molecule has 1 fully saturated rings. The lowest BCUT2D eigenvalue weighted by molar-refractivity contribution is 0.448. The molecule has 1 saturated carbocycles. The van der Waals surface area contributed by atoms with Crippen molar-refractivity contribution in [2.75, 3.05) is 11.0 Å². The molecule has 0 aromatic carbocycles. The monoisotopic (exact) mass is 445 g/mol. The predicted octanol–water partition coefficient (Wildman–Crippen LogP) is 4.25. The van der Waals surface area contributed by atoms with Crippen LogP contribution in [0.25, 0.3) is 11.3 Å². The molecule has 0 saturated heterocycles. The first kappa shape index (κ1) is 20.5. The largest absolute Gasteiger partial charge is 0.433 e. The van der Waals surface area contributed by atoms with Gasteiger partial charge >= 0.3 is 0 Å². The number of nitrogens with zero attached hydrogens (tertiary/aromatic N) is 4. The molecule has 0 atom stereocenters. The number of aromatic nitrogens is 4. The average Bonchev–Trinajstić information content (AvgIpc) is 3.49. The molecule has 0 spiro atoms. The van der Waals surface area contributed by atoms with E-state index in [0.29, 0.717) is 39.5 Å². The number of pyridine rings is 2. The first-order valence-corrected chi connectivity index (χ1v) is 11.6.